The largest absolute Gasteiger partial charge is 0.321 e. The third-order valence-electron chi connectivity index (χ3n) is 3.87. The van der Waals surface area contributed by atoms with Crippen LogP contribution in [0.5, 0.6) is 0 Å². The molecule has 2 aromatic carbocycles. The minimum atomic E-state index is -3.29. The van der Waals surface area contributed by atoms with E-state index in [9.17, 15) is 13.2 Å². The van der Waals surface area contributed by atoms with E-state index in [4.69, 9.17) is 0 Å². The summed E-state index contributed by atoms with van der Waals surface area (Å²) in [6.45, 7) is 0.456. The lowest BCUT2D eigenvalue weighted by atomic mass is 10.1. The highest BCUT2D eigenvalue weighted by Crippen LogP contribution is 2.26. The molecule has 126 valence electrons. The Balaban J connectivity index is 1.85. The Morgan fingerprint density at radius 3 is 2.62 bits per heavy atom. The lowest BCUT2D eigenvalue weighted by Gasteiger charge is -2.28. The fourth-order valence-electron chi connectivity index (χ4n) is 2.64. The van der Waals surface area contributed by atoms with Crippen LogP contribution < -0.4 is 9.62 Å². The van der Waals surface area contributed by atoms with Crippen LogP contribution in [0.15, 0.2) is 53.0 Å². The molecule has 1 fully saturated rings. The molecule has 1 aliphatic heterocycles. The van der Waals surface area contributed by atoms with E-state index >= 15 is 0 Å². The van der Waals surface area contributed by atoms with Crippen LogP contribution in [0.4, 0.5) is 11.4 Å². The highest BCUT2D eigenvalue weighted by atomic mass is 79.9. The summed E-state index contributed by atoms with van der Waals surface area (Å²) < 4.78 is 26.6. The third-order valence-corrected chi connectivity index (χ3v) is 6.43. The van der Waals surface area contributed by atoms with Crippen molar-refractivity contribution in [2.24, 2.45) is 0 Å². The Kier molecular flexibility index (Phi) is 4.91. The number of nitrogens with zero attached hydrogens (tertiary/aromatic N) is 1. The van der Waals surface area contributed by atoms with Crippen molar-refractivity contribution in [1.29, 1.82) is 0 Å². The van der Waals surface area contributed by atoms with E-state index in [1.54, 1.807) is 30.3 Å². The number of nitrogens with one attached hydrogen (secondary N) is 1. The van der Waals surface area contributed by atoms with Crippen molar-refractivity contribution in [3.63, 3.8) is 0 Å². The Labute approximate surface area is 149 Å². The topological polar surface area (TPSA) is 66.5 Å². The Morgan fingerprint density at radius 2 is 1.88 bits per heavy atom. The van der Waals surface area contributed by atoms with E-state index < -0.39 is 10.0 Å². The van der Waals surface area contributed by atoms with E-state index in [0.29, 0.717) is 29.9 Å². The predicted octanol–water partition coefficient (Wildman–Crippen LogP) is 3.63. The van der Waals surface area contributed by atoms with Crippen LogP contribution in [0.3, 0.4) is 0 Å². The van der Waals surface area contributed by atoms with Gasteiger partial charge in [0.15, 0.2) is 0 Å². The SMILES string of the molecule is O=C(Nc1ccccc1Br)c1cccc(N2CCCCS2(=O)=O)c1. The van der Waals surface area contributed by atoms with Crippen molar-refractivity contribution in [2.45, 2.75) is 12.8 Å². The summed E-state index contributed by atoms with van der Waals surface area (Å²) in [7, 11) is -3.29. The number of amides is 1. The molecule has 1 heterocycles. The maximum absolute atomic E-state index is 12.5. The van der Waals surface area contributed by atoms with Crippen molar-refractivity contribution in [2.75, 3.05) is 21.9 Å². The lowest BCUT2D eigenvalue weighted by molar-refractivity contribution is 0.102. The second kappa shape index (κ2) is 6.94. The first kappa shape index (κ1) is 17.0. The van der Waals surface area contributed by atoms with E-state index in [1.807, 2.05) is 18.2 Å². The number of halogens is 1. The first-order chi connectivity index (χ1) is 11.5. The summed E-state index contributed by atoms with van der Waals surface area (Å²) in [6, 6.07) is 14.0. The predicted molar refractivity (Wildman–Crippen MR) is 98.9 cm³/mol. The van der Waals surface area contributed by atoms with E-state index in [2.05, 4.69) is 21.2 Å². The van der Waals surface area contributed by atoms with Crippen molar-refractivity contribution < 1.29 is 13.2 Å². The number of hydrogen-bond donors (Lipinski definition) is 1. The molecule has 5 nitrogen and oxygen atoms in total. The van der Waals surface area contributed by atoms with Crippen molar-refractivity contribution in [1.82, 2.24) is 0 Å². The van der Waals surface area contributed by atoms with Crippen molar-refractivity contribution >= 4 is 43.2 Å². The highest BCUT2D eigenvalue weighted by Gasteiger charge is 2.26. The van der Waals surface area contributed by atoms with Crippen LogP contribution in [0.1, 0.15) is 23.2 Å². The zero-order chi connectivity index (χ0) is 17.2. The summed E-state index contributed by atoms with van der Waals surface area (Å²) in [5.41, 5.74) is 1.62. The molecule has 1 saturated heterocycles. The van der Waals surface area contributed by atoms with Crippen LogP contribution in [-0.4, -0.2) is 26.6 Å². The molecule has 7 heteroatoms. The van der Waals surface area contributed by atoms with Crippen LogP contribution in [0, 0.1) is 0 Å². The molecular weight excluding hydrogens is 392 g/mol. The molecule has 1 aliphatic rings. The summed E-state index contributed by atoms with van der Waals surface area (Å²) >= 11 is 3.39. The number of carbonyl (C=O) groups excluding carboxylic acids is 1. The zero-order valence-electron chi connectivity index (χ0n) is 12.9. The molecule has 2 aromatic rings. The summed E-state index contributed by atoms with van der Waals surface area (Å²) in [5.74, 6) is -0.126. The molecule has 1 N–H and O–H groups in total. The second-order valence-corrected chi connectivity index (χ2v) is 8.45. The zero-order valence-corrected chi connectivity index (χ0v) is 15.3. The van der Waals surface area contributed by atoms with Crippen LogP contribution in [0.2, 0.25) is 0 Å². The Morgan fingerprint density at radius 1 is 1.08 bits per heavy atom. The monoisotopic (exact) mass is 408 g/mol. The molecule has 24 heavy (non-hydrogen) atoms. The summed E-state index contributed by atoms with van der Waals surface area (Å²) in [6.07, 6.45) is 1.51. The van der Waals surface area contributed by atoms with Gasteiger partial charge in [-0.15, -0.1) is 0 Å². The average molecular weight is 409 g/mol. The fourth-order valence-corrected chi connectivity index (χ4v) is 4.65. The fraction of sp³-hybridized carbons (Fsp3) is 0.235. The first-order valence-corrected chi connectivity index (χ1v) is 10.0. The van der Waals surface area contributed by atoms with Gasteiger partial charge in [0.05, 0.1) is 17.1 Å². The van der Waals surface area contributed by atoms with Gasteiger partial charge in [0.1, 0.15) is 0 Å². The van der Waals surface area contributed by atoms with Crippen LogP contribution in [-0.2, 0) is 10.0 Å². The summed E-state index contributed by atoms with van der Waals surface area (Å²) in [4.78, 5) is 12.5. The highest BCUT2D eigenvalue weighted by molar-refractivity contribution is 9.10. The standard InChI is InChI=1S/C17H17BrN2O3S/c18-15-8-1-2-9-16(15)19-17(21)13-6-5-7-14(12-13)20-10-3-4-11-24(20,22)23/h1-2,5-9,12H,3-4,10-11H2,(H,19,21). The molecule has 0 radical (unpaired) electrons. The first-order valence-electron chi connectivity index (χ1n) is 7.64. The number of carbonyl (C=O) groups is 1. The molecule has 0 aliphatic carbocycles. The smallest absolute Gasteiger partial charge is 0.255 e. The molecule has 0 saturated carbocycles. The Hall–Kier alpha value is -1.86. The summed E-state index contributed by atoms with van der Waals surface area (Å²) in [5, 5.41) is 2.82. The van der Waals surface area contributed by atoms with Gasteiger partial charge in [0.25, 0.3) is 5.91 Å². The maximum atomic E-state index is 12.5. The van der Waals surface area contributed by atoms with Crippen molar-refractivity contribution in [3.05, 3.63) is 58.6 Å². The maximum Gasteiger partial charge on any atom is 0.255 e. The molecule has 1 amide bonds. The molecule has 3 rings (SSSR count). The quantitative estimate of drug-likeness (QED) is 0.842. The number of anilines is 2. The molecule has 0 atom stereocenters. The number of rotatable bonds is 3. The van der Waals surface area contributed by atoms with Gasteiger partial charge in [-0.25, -0.2) is 8.42 Å². The van der Waals surface area contributed by atoms with Gasteiger partial charge in [0.2, 0.25) is 10.0 Å². The van der Waals surface area contributed by atoms with E-state index in [-0.39, 0.29) is 11.7 Å². The van der Waals surface area contributed by atoms with E-state index in [1.165, 1.54) is 4.31 Å². The normalized spacial score (nSPS) is 16.6. The van der Waals surface area contributed by atoms with Gasteiger partial charge in [-0.2, -0.15) is 0 Å². The number of sulfonamides is 1. The second-order valence-electron chi connectivity index (χ2n) is 5.58. The van der Waals surface area contributed by atoms with Gasteiger partial charge in [-0.3, -0.25) is 9.10 Å². The van der Waals surface area contributed by atoms with Gasteiger partial charge in [-0.1, -0.05) is 18.2 Å². The molecule has 0 bridgehead atoms. The molecular formula is C17H17BrN2O3S. The van der Waals surface area contributed by atoms with Gasteiger partial charge < -0.3 is 5.32 Å². The molecule has 0 aromatic heterocycles. The Bertz CT molecular complexity index is 868. The number of hydrogen-bond acceptors (Lipinski definition) is 3. The van der Waals surface area contributed by atoms with Gasteiger partial charge in [-0.05, 0) is 59.1 Å². The number of benzene rings is 2. The minimum Gasteiger partial charge on any atom is -0.321 e. The van der Waals surface area contributed by atoms with E-state index in [0.717, 1.165) is 10.9 Å². The average Bonchev–Trinajstić information content (AvgIpc) is 2.56. The van der Waals surface area contributed by atoms with Gasteiger partial charge in [0, 0.05) is 16.6 Å². The molecule has 0 unspecified atom stereocenters. The lowest BCUT2D eigenvalue weighted by Crippen LogP contribution is -2.37. The van der Waals surface area contributed by atoms with Gasteiger partial charge >= 0.3 is 0 Å². The van der Waals surface area contributed by atoms with Crippen molar-refractivity contribution in [3.8, 4) is 0 Å². The minimum absolute atomic E-state index is 0.153. The van der Waals surface area contributed by atoms with Crippen LogP contribution >= 0.6 is 15.9 Å². The van der Waals surface area contributed by atoms with Crippen LogP contribution in [0.25, 0.3) is 0 Å². The third kappa shape index (κ3) is 3.62. The molecule has 0 spiro atoms. The number of para-hydroxylation sites is 1.